The van der Waals surface area contributed by atoms with Gasteiger partial charge in [-0.15, -0.1) is 0 Å². The first-order chi connectivity index (χ1) is 4.86. The fourth-order valence-corrected chi connectivity index (χ4v) is 2.97. The van der Waals surface area contributed by atoms with Crippen molar-refractivity contribution in [3.05, 3.63) is 0 Å². The lowest BCUT2D eigenvalue weighted by Gasteiger charge is -2.06. The van der Waals surface area contributed by atoms with Crippen molar-refractivity contribution in [3.63, 3.8) is 0 Å². The minimum Gasteiger partial charge on any atom is -0.0928 e. The topological polar surface area (TPSA) is 0 Å². The van der Waals surface area contributed by atoms with Crippen LogP contribution in [-0.4, -0.2) is 10.7 Å². The van der Waals surface area contributed by atoms with E-state index in [9.17, 15) is 0 Å². The highest BCUT2D eigenvalue weighted by molar-refractivity contribution is 9.09. The smallest absolute Gasteiger partial charge is 0.00597 e. The highest BCUT2D eigenvalue weighted by Crippen LogP contribution is 2.34. The van der Waals surface area contributed by atoms with Crippen LogP contribution in [0.15, 0.2) is 0 Å². The third kappa shape index (κ3) is 2.54. The molecule has 0 bridgehead atoms. The van der Waals surface area contributed by atoms with E-state index in [1.807, 2.05) is 0 Å². The Kier molecular flexibility index (Phi) is 4.31. The summed E-state index contributed by atoms with van der Waals surface area (Å²) >= 11 is 7.03. The first-order valence-electron chi connectivity index (χ1n) is 3.98. The molecule has 2 heteroatoms. The zero-order valence-corrected chi connectivity index (χ0v) is 9.33. The monoisotopic (exact) mass is 268 g/mol. The van der Waals surface area contributed by atoms with Crippen molar-refractivity contribution < 1.29 is 0 Å². The molecule has 0 aromatic rings. The molecule has 0 N–H and O–H groups in total. The maximum absolute atomic E-state index is 3.54. The molecule has 0 heterocycles. The minimum atomic E-state index is 0.976. The quantitative estimate of drug-likeness (QED) is 0.687. The van der Waals surface area contributed by atoms with Crippen molar-refractivity contribution in [1.29, 1.82) is 0 Å². The minimum absolute atomic E-state index is 0.976. The van der Waals surface area contributed by atoms with E-state index in [4.69, 9.17) is 0 Å². The Labute approximate surface area is 80.0 Å². The summed E-state index contributed by atoms with van der Waals surface area (Å²) in [6.45, 7) is 0. The molecule has 1 saturated carbocycles. The molecule has 0 aromatic heterocycles. The van der Waals surface area contributed by atoms with Gasteiger partial charge in [-0.25, -0.2) is 0 Å². The standard InChI is InChI=1S/C8H14Br2/c9-4-3-7-1-2-8(5-7)6-10/h7-8H,1-6H2/t7-,8-/m0/s1. The highest BCUT2D eigenvalue weighted by Gasteiger charge is 2.22. The Balaban J connectivity index is 2.15. The van der Waals surface area contributed by atoms with Crippen LogP contribution in [0.25, 0.3) is 0 Å². The molecule has 60 valence electrons. The Bertz CT molecular complexity index is 93.3. The molecule has 0 aromatic carbocycles. The molecule has 0 saturated heterocycles. The van der Waals surface area contributed by atoms with Crippen LogP contribution < -0.4 is 0 Å². The van der Waals surface area contributed by atoms with Crippen molar-refractivity contribution in [2.45, 2.75) is 25.7 Å². The van der Waals surface area contributed by atoms with E-state index in [2.05, 4.69) is 31.9 Å². The summed E-state index contributed by atoms with van der Waals surface area (Å²) in [6.07, 6.45) is 5.74. The van der Waals surface area contributed by atoms with Gasteiger partial charge in [-0.1, -0.05) is 38.3 Å². The van der Waals surface area contributed by atoms with E-state index < -0.39 is 0 Å². The largest absolute Gasteiger partial charge is 0.0928 e. The number of hydrogen-bond acceptors (Lipinski definition) is 0. The second-order valence-corrected chi connectivity index (χ2v) is 4.62. The lowest BCUT2D eigenvalue weighted by molar-refractivity contribution is 0.510. The second kappa shape index (κ2) is 4.76. The first-order valence-corrected chi connectivity index (χ1v) is 6.23. The van der Waals surface area contributed by atoms with Gasteiger partial charge in [0, 0.05) is 10.7 Å². The van der Waals surface area contributed by atoms with Gasteiger partial charge in [0.25, 0.3) is 0 Å². The Morgan fingerprint density at radius 3 is 2.30 bits per heavy atom. The number of hydrogen-bond donors (Lipinski definition) is 0. The zero-order valence-electron chi connectivity index (χ0n) is 6.15. The van der Waals surface area contributed by atoms with E-state index in [-0.39, 0.29) is 0 Å². The van der Waals surface area contributed by atoms with Gasteiger partial charge in [0.1, 0.15) is 0 Å². The Morgan fingerprint density at radius 1 is 1.10 bits per heavy atom. The van der Waals surface area contributed by atoms with E-state index >= 15 is 0 Å². The molecule has 1 rings (SSSR count). The van der Waals surface area contributed by atoms with Crippen LogP contribution in [0.5, 0.6) is 0 Å². The summed E-state index contributed by atoms with van der Waals surface area (Å²) in [6, 6.07) is 0. The molecule has 1 aliphatic carbocycles. The number of halogens is 2. The number of rotatable bonds is 3. The summed E-state index contributed by atoms with van der Waals surface area (Å²) < 4.78 is 0. The molecular formula is C8H14Br2. The predicted molar refractivity (Wildman–Crippen MR) is 53.0 cm³/mol. The van der Waals surface area contributed by atoms with Crippen LogP contribution >= 0.6 is 31.9 Å². The van der Waals surface area contributed by atoms with E-state index in [1.165, 1.54) is 36.3 Å². The van der Waals surface area contributed by atoms with Crippen LogP contribution in [0, 0.1) is 11.8 Å². The van der Waals surface area contributed by atoms with Crippen LogP contribution in [-0.2, 0) is 0 Å². The predicted octanol–water partition coefficient (Wildman–Crippen LogP) is 3.58. The molecule has 0 amide bonds. The van der Waals surface area contributed by atoms with Crippen molar-refractivity contribution in [3.8, 4) is 0 Å². The molecule has 1 fully saturated rings. The second-order valence-electron chi connectivity index (χ2n) is 3.18. The third-order valence-corrected chi connectivity index (χ3v) is 3.76. The molecule has 1 aliphatic rings. The molecule has 0 radical (unpaired) electrons. The lowest BCUT2D eigenvalue weighted by Crippen LogP contribution is -1.97. The average Bonchev–Trinajstić information content (AvgIpc) is 2.37. The normalized spacial score (nSPS) is 33.0. The molecule has 0 nitrogen and oxygen atoms in total. The van der Waals surface area contributed by atoms with Crippen LogP contribution in [0.3, 0.4) is 0 Å². The summed E-state index contributed by atoms with van der Waals surface area (Å²) in [5.74, 6) is 1.99. The van der Waals surface area contributed by atoms with Gasteiger partial charge < -0.3 is 0 Å². The summed E-state index contributed by atoms with van der Waals surface area (Å²) in [5, 5.41) is 2.40. The maximum atomic E-state index is 3.54. The zero-order chi connectivity index (χ0) is 7.40. The van der Waals surface area contributed by atoms with E-state index in [1.54, 1.807) is 0 Å². The molecule has 0 aliphatic heterocycles. The SMILES string of the molecule is BrCC[C@@H]1CC[C@H](CBr)C1. The molecule has 10 heavy (non-hydrogen) atoms. The molecular weight excluding hydrogens is 256 g/mol. The Morgan fingerprint density at radius 2 is 1.80 bits per heavy atom. The summed E-state index contributed by atoms with van der Waals surface area (Å²) in [7, 11) is 0. The fourth-order valence-electron chi connectivity index (χ4n) is 1.74. The van der Waals surface area contributed by atoms with E-state index in [0.717, 1.165) is 11.8 Å². The van der Waals surface area contributed by atoms with Crippen molar-refractivity contribution in [1.82, 2.24) is 0 Å². The van der Waals surface area contributed by atoms with Gasteiger partial charge in [0.2, 0.25) is 0 Å². The Hall–Kier alpha value is 0.960. The van der Waals surface area contributed by atoms with Gasteiger partial charge >= 0.3 is 0 Å². The van der Waals surface area contributed by atoms with E-state index in [0.29, 0.717) is 0 Å². The molecule has 2 atom stereocenters. The van der Waals surface area contributed by atoms with Gasteiger partial charge in [-0.2, -0.15) is 0 Å². The first kappa shape index (κ1) is 9.05. The fraction of sp³-hybridized carbons (Fsp3) is 1.00. The van der Waals surface area contributed by atoms with Gasteiger partial charge in [0.15, 0.2) is 0 Å². The van der Waals surface area contributed by atoms with Gasteiger partial charge in [-0.3, -0.25) is 0 Å². The number of alkyl halides is 2. The summed E-state index contributed by atoms with van der Waals surface area (Å²) in [4.78, 5) is 0. The van der Waals surface area contributed by atoms with Crippen molar-refractivity contribution in [2.75, 3.05) is 10.7 Å². The lowest BCUT2D eigenvalue weighted by atomic mass is 10.0. The summed E-state index contributed by atoms with van der Waals surface area (Å²) in [5.41, 5.74) is 0. The molecule has 0 unspecified atom stereocenters. The van der Waals surface area contributed by atoms with Gasteiger partial charge in [0.05, 0.1) is 0 Å². The average molecular weight is 270 g/mol. The van der Waals surface area contributed by atoms with Gasteiger partial charge in [-0.05, 0) is 31.1 Å². The van der Waals surface area contributed by atoms with Crippen LogP contribution in [0.2, 0.25) is 0 Å². The molecule has 0 spiro atoms. The van der Waals surface area contributed by atoms with Crippen molar-refractivity contribution in [2.24, 2.45) is 11.8 Å². The van der Waals surface area contributed by atoms with Crippen LogP contribution in [0.1, 0.15) is 25.7 Å². The maximum Gasteiger partial charge on any atom is 0.00597 e. The highest BCUT2D eigenvalue weighted by atomic mass is 79.9. The third-order valence-electron chi connectivity index (χ3n) is 2.39. The van der Waals surface area contributed by atoms with Crippen molar-refractivity contribution >= 4 is 31.9 Å². The van der Waals surface area contributed by atoms with Crippen LogP contribution in [0.4, 0.5) is 0 Å².